The number of para-hydroxylation sites is 1. The summed E-state index contributed by atoms with van der Waals surface area (Å²) in [6.45, 7) is 0.425. The summed E-state index contributed by atoms with van der Waals surface area (Å²) in [5.41, 5.74) is 3.16. The van der Waals surface area contributed by atoms with E-state index in [1.165, 1.54) is 0 Å². The summed E-state index contributed by atoms with van der Waals surface area (Å²) < 4.78 is 5.77. The molecule has 0 bridgehead atoms. The van der Waals surface area contributed by atoms with Gasteiger partial charge in [0.1, 0.15) is 11.3 Å². The summed E-state index contributed by atoms with van der Waals surface area (Å²) in [5.74, 6) is 0.714. The first kappa shape index (κ1) is 13.6. The van der Waals surface area contributed by atoms with E-state index in [1.54, 1.807) is 24.3 Å². The largest absolute Gasteiger partial charge is 0.459 e. The Morgan fingerprint density at radius 1 is 1.22 bits per heavy atom. The Hall–Kier alpha value is -3.08. The van der Waals surface area contributed by atoms with Crippen molar-refractivity contribution in [2.24, 2.45) is 0 Å². The smallest absolute Gasteiger partial charge is 0.254 e. The SMILES string of the molecule is CN(Cc1cc2ccccc2o1)C(=O)c1ccc2nc[nH]c2c1. The molecule has 0 spiro atoms. The number of furan rings is 1. The molecule has 2 aromatic carbocycles. The molecule has 114 valence electrons. The third-order valence-electron chi connectivity index (χ3n) is 3.88. The van der Waals surface area contributed by atoms with E-state index in [4.69, 9.17) is 4.42 Å². The maximum atomic E-state index is 12.6. The van der Waals surface area contributed by atoms with Crippen LogP contribution < -0.4 is 0 Å². The van der Waals surface area contributed by atoms with Gasteiger partial charge in [-0.2, -0.15) is 0 Å². The molecule has 5 heteroatoms. The molecule has 0 saturated heterocycles. The topological polar surface area (TPSA) is 62.1 Å². The predicted molar refractivity (Wildman–Crippen MR) is 88.1 cm³/mol. The molecular weight excluding hydrogens is 290 g/mol. The molecule has 0 aliphatic carbocycles. The number of nitrogens with zero attached hydrogens (tertiary/aromatic N) is 2. The first-order valence-electron chi connectivity index (χ1n) is 7.37. The van der Waals surface area contributed by atoms with E-state index < -0.39 is 0 Å². The van der Waals surface area contributed by atoms with Gasteiger partial charge in [-0.05, 0) is 30.3 Å². The van der Waals surface area contributed by atoms with Gasteiger partial charge in [0.05, 0.1) is 23.9 Å². The molecule has 23 heavy (non-hydrogen) atoms. The maximum absolute atomic E-state index is 12.6. The van der Waals surface area contributed by atoms with Gasteiger partial charge in [0.2, 0.25) is 0 Å². The zero-order valence-electron chi connectivity index (χ0n) is 12.6. The zero-order chi connectivity index (χ0) is 15.8. The second-order valence-corrected chi connectivity index (χ2v) is 5.55. The molecule has 0 fully saturated rings. The van der Waals surface area contributed by atoms with Crippen LogP contribution in [-0.2, 0) is 6.54 Å². The number of imidazole rings is 1. The third-order valence-corrected chi connectivity index (χ3v) is 3.88. The molecule has 0 atom stereocenters. The Bertz CT molecular complexity index is 967. The van der Waals surface area contributed by atoms with E-state index in [-0.39, 0.29) is 5.91 Å². The lowest BCUT2D eigenvalue weighted by molar-refractivity contribution is 0.0776. The number of rotatable bonds is 3. The zero-order valence-corrected chi connectivity index (χ0v) is 12.6. The first-order valence-corrected chi connectivity index (χ1v) is 7.37. The minimum Gasteiger partial charge on any atom is -0.459 e. The Kier molecular flexibility index (Phi) is 3.12. The highest BCUT2D eigenvalue weighted by Crippen LogP contribution is 2.20. The molecule has 0 radical (unpaired) electrons. The number of hydrogen-bond donors (Lipinski definition) is 1. The molecule has 2 heterocycles. The number of benzene rings is 2. The highest BCUT2D eigenvalue weighted by molar-refractivity contribution is 5.97. The van der Waals surface area contributed by atoms with Gasteiger partial charge in [0, 0.05) is 18.0 Å². The second kappa shape index (κ2) is 5.28. The average molecular weight is 305 g/mol. The van der Waals surface area contributed by atoms with Crippen molar-refractivity contribution in [3.8, 4) is 0 Å². The van der Waals surface area contributed by atoms with Gasteiger partial charge in [0.15, 0.2) is 0 Å². The Labute approximate surface area is 132 Å². The Balaban J connectivity index is 1.57. The van der Waals surface area contributed by atoms with Crippen LogP contribution in [0.2, 0.25) is 0 Å². The number of nitrogens with one attached hydrogen (secondary N) is 1. The van der Waals surface area contributed by atoms with Gasteiger partial charge >= 0.3 is 0 Å². The number of amides is 1. The lowest BCUT2D eigenvalue weighted by atomic mass is 10.1. The highest BCUT2D eigenvalue weighted by Gasteiger charge is 2.15. The fourth-order valence-electron chi connectivity index (χ4n) is 2.71. The summed E-state index contributed by atoms with van der Waals surface area (Å²) in [6.07, 6.45) is 1.62. The fourth-order valence-corrected chi connectivity index (χ4v) is 2.71. The summed E-state index contributed by atoms with van der Waals surface area (Å²) >= 11 is 0. The maximum Gasteiger partial charge on any atom is 0.254 e. The van der Waals surface area contributed by atoms with E-state index in [9.17, 15) is 4.79 Å². The van der Waals surface area contributed by atoms with Crippen molar-refractivity contribution in [1.29, 1.82) is 0 Å². The summed E-state index contributed by atoms with van der Waals surface area (Å²) in [4.78, 5) is 21.4. The molecule has 0 aliphatic rings. The number of fused-ring (bicyclic) bond motifs is 2. The van der Waals surface area contributed by atoms with Gasteiger partial charge in [-0.1, -0.05) is 18.2 Å². The van der Waals surface area contributed by atoms with Gasteiger partial charge in [-0.25, -0.2) is 4.98 Å². The van der Waals surface area contributed by atoms with Crippen LogP contribution in [0.1, 0.15) is 16.1 Å². The minimum absolute atomic E-state index is 0.0537. The van der Waals surface area contributed by atoms with Gasteiger partial charge < -0.3 is 14.3 Å². The number of H-pyrrole nitrogens is 1. The minimum atomic E-state index is -0.0537. The lowest BCUT2D eigenvalue weighted by Gasteiger charge is -2.15. The van der Waals surface area contributed by atoms with E-state index >= 15 is 0 Å². The lowest BCUT2D eigenvalue weighted by Crippen LogP contribution is -2.25. The van der Waals surface area contributed by atoms with Crippen molar-refractivity contribution < 1.29 is 9.21 Å². The first-order chi connectivity index (χ1) is 11.2. The van der Waals surface area contributed by atoms with E-state index in [2.05, 4.69) is 9.97 Å². The van der Waals surface area contributed by atoms with Gasteiger partial charge in [-0.15, -0.1) is 0 Å². The van der Waals surface area contributed by atoms with Crippen molar-refractivity contribution in [3.63, 3.8) is 0 Å². The average Bonchev–Trinajstić information content (AvgIpc) is 3.18. The van der Waals surface area contributed by atoms with Crippen molar-refractivity contribution in [1.82, 2.24) is 14.9 Å². The normalized spacial score (nSPS) is 11.2. The molecule has 4 aromatic rings. The molecule has 4 rings (SSSR count). The fraction of sp³-hybridized carbons (Fsp3) is 0.111. The van der Waals surface area contributed by atoms with E-state index in [0.29, 0.717) is 12.1 Å². The van der Waals surface area contributed by atoms with Crippen LogP contribution in [0.5, 0.6) is 0 Å². The number of carbonyl (C=O) groups is 1. The number of aromatic nitrogens is 2. The second-order valence-electron chi connectivity index (χ2n) is 5.55. The van der Waals surface area contributed by atoms with Crippen LogP contribution in [0.4, 0.5) is 0 Å². The standard InChI is InChI=1S/C18H15N3O2/c1-21(10-14-8-12-4-2-3-5-17(12)23-14)18(22)13-6-7-15-16(9-13)20-11-19-15/h2-9,11H,10H2,1H3,(H,19,20). The molecule has 2 aromatic heterocycles. The van der Waals surface area contributed by atoms with Crippen molar-refractivity contribution in [2.45, 2.75) is 6.54 Å². The number of hydrogen-bond acceptors (Lipinski definition) is 3. The third kappa shape index (κ3) is 2.46. The van der Waals surface area contributed by atoms with Crippen molar-refractivity contribution in [3.05, 3.63) is 66.2 Å². The van der Waals surface area contributed by atoms with Crippen molar-refractivity contribution >= 4 is 27.9 Å². The van der Waals surface area contributed by atoms with Crippen LogP contribution in [0.15, 0.2) is 59.3 Å². The van der Waals surface area contributed by atoms with Crippen LogP contribution in [0.25, 0.3) is 22.0 Å². The molecule has 1 N–H and O–H groups in total. The summed E-state index contributed by atoms with van der Waals surface area (Å²) in [6, 6.07) is 15.2. The molecule has 0 saturated carbocycles. The van der Waals surface area contributed by atoms with E-state index in [0.717, 1.165) is 27.8 Å². The van der Waals surface area contributed by atoms with Gasteiger partial charge in [-0.3, -0.25) is 4.79 Å². The Morgan fingerprint density at radius 2 is 2.09 bits per heavy atom. The Morgan fingerprint density at radius 3 is 2.96 bits per heavy atom. The van der Waals surface area contributed by atoms with Crippen LogP contribution in [-0.4, -0.2) is 27.8 Å². The van der Waals surface area contributed by atoms with Crippen molar-refractivity contribution in [2.75, 3.05) is 7.05 Å². The van der Waals surface area contributed by atoms with Crippen LogP contribution in [0.3, 0.4) is 0 Å². The summed E-state index contributed by atoms with van der Waals surface area (Å²) in [5, 5.41) is 1.04. The molecule has 1 amide bonds. The highest BCUT2D eigenvalue weighted by atomic mass is 16.3. The van der Waals surface area contributed by atoms with Crippen LogP contribution in [0, 0.1) is 0 Å². The van der Waals surface area contributed by atoms with Gasteiger partial charge in [0.25, 0.3) is 5.91 Å². The summed E-state index contributed by atoms with van der Waals surface area (Å²) in [7, 11) is 1.77. The van der Waals surface area contributed by atoms with E-state index in [1.807, 2.05) is 42.5 Å². The number of aromatic amines is 1. The molecule has 0 unspecified atom stereocenters. The van der Waals surface area contributed by atoms with Crippen LogP contribution >= 0.6 is 0 Å². The molecule has 0 aliphatic heterocycles. The molecule has 5 nitrogen and oxygen atoms in total. The quantitative estimate of drug-likeness (QED) is 0.629. The molecular formula is C18H15N3O2. The predicted octanol–water partition coefficient (Wildman–Crippen LogP) is 3.58. The monoisotopic (exact) mass is 305 g/mol. The number of carbonyl (C=O) groups excluding carboxylic acids is 1.